The second kappa shape index (κ2) is 16.1. The van der Waals surface area contributed by atoms with Crippen LogP contribution in [0.15, 0.2) is 122 Å². The van der Waals surface area contributed by atoms with Gasteiger partial charge in [-0.05, 0) is 25.5 Å². The molecule has 4 N–H and O–H groups in total. The largest absolute Gasteiger partial charge is 0.325 e. The van der Waals surface area contributed by atoms with E-state index < -0.39 is 12.1 Å². The predicted octanol–water partition coefficient (Wildman–Crippen LogP) is 10.2. The monoisotopic (exact) mass is 790 g/mol. The fraction of sp³-hybridized carbons (Fsp3) is 0.116. The van der Waals surface area contributed by atoms with Crippen LogP contribution in [-0.4, -0.2) is 41.1 Å². The molecule has 0 bridgehead atoms. The van der Waals surface area contributed by atoms with E-state index in [1.165, 1.54) is 22.7 Å². The Morgan fingerprint density at radius 1 is 0.579 bits per heavy atom. The number of nitrogens with zero attached hydrogens (tertiary/aromatic N) is 6. The quantitative estimate of drug-likeness (QED) is 0.109. The lowest BCUT2D eigenvalue weighted by Crippen LogP contribution is -2.21. The normalized spacial score (nSPS) is 11.0. The first-order valence-electron chi connectivity index (χ1n) is 18.1. The van der Waals surface area contributed by atoms with Gasteiger partial charge in [-0.2, -0.15) is 0 Å². The SMILES string of the molecule is Cc1nc(-c2ccccc2)c(NC(=O)Nc2c(-c3cccc(Cc4nc(-c5ccccc5)c(NC(=O)Nc5c(-c6ccccc6)ncn5C)s4)c3)nc(C)n2C)s1. The molecule has 0 aliphatic rings. The van der Waals surface area contributed by atoms with Crippen LogP contribution in [0.3, 0.4) is 0 Å². The third-order valence-electron chi connectivity index (χ3n) is 9.28. The number of carbonyl (C=O) groups excluding carboxylic acids is 2. The highest BCUT2D eigenvalue weighted by atomic mass is 32.1. The molecule has 0 spiro atoms. The number of rotatable bonds is 10. The van der Waals surface area contributed by atoms with Gasteiger partial charge >= 0.3 is 12.1 Å². The van der Waals surface area contributed by atoms with Crippen molar-refractivity contribution in [1.29, 1.82) is 0 Å². The standard InChI is InChI=1S/C43H38N10O2S2/c1-26-45-35(39(53(26)4)49-43(55)50-40-36(46-27(2)56-40)30-18-10-6-11-19-30)32-22-14-15-28(23-32)24-33-47-37(31-20-12-7-13-21-31)41(57-33)51-42(54)48-38-34(44-25-52(38)3)29-16-8-5-9-17-29/h5-23,25H,24H2,1-4H3,(H2,48,51,54)(H2,49,50,55). The Bertz CT molecular complexity index is 2700. The van der Waals surface area contributed by atoms with E-state index in [0.29, 0.717) is 45.1 Å². The number of aromatic nitrogens is 6. The molecule has 0 atom stereocenters. The van der Waals surface area contributed by atoms with Crippen molar-refractivity contribution in [3.05, 3.63) is 143 Å². The van der Waals surface area contributed by atoms with Gasteiger partial charge in [0.2, 0.25) is 0 Å². The molecule has 0 radical (unpaired) electrons. The number of amides is 4. The molecule has 4 amide bonds. The molecule has 4 aromatic heterocycles. The van der Waals surface area contributed by atoms with Crippen LogP contribution < -0.4 is 21.3 Å². The zero-order valence-corrected chi connectivity index (χ0v) is 33.2. The number of aryl methyl sites for hydroxylation is 3. The lowest BCUT2D eigenvalue weighted by Gasteiger charge is -2.11. The van der Waals surface area contributed by atoms with Gasteiger partial charge in [-0.3, -0.25) is 21.3 Å². The summed E-state index contributed by atoms with van der Waals surface area (Å²) in [7, 11) is 3.72. The number of anilines is 4. The second-order valence-electron chi connectivity index (χ2n) is 13.3. The fourth-order valence-electron chi connectivity index (χ4n) is 6.45. The van der Waals surface area contributed by atoms with Crippen molar-refractivity contribution in [1.82, 2.24) is 29.1 Å². The number of hydrogen-bond acceptors (Lipinski definition) is 8. The molecule has 8 aromatic rings. The van der Waals surface area contributed by atoms with Crippen molar-refractivity contribution in [2.75, 3.05) is 21.3 Å². The van der Waals surface area contributed by atoms with Crippen LogP contribution in [0.2, 0.25) is 0 Å². The topological polar surface area (TPSA) is 144 Å². The van der Waals surface area contributed by atoms with Crippen LogP contribution in [0.1, 0.15) is 21.4 Å². The number of hydrogen-bond donors (Lipinski definition) is 4. The summed E-state index contributed by atoms with van der Waals surface area (Å²) in [6.45, 7) is 3.82. The molecule has 284 valence electrons. The number of benzene rings is 4. The number of nitrogens with one attached hydrogen (secondary N) is 4. The average molecular weight is 791 g/mol. The van der Waals surface area contributed by atoms with E-state index in [1.807, 2.05) is 142 Å². The fourth-order valence-corrected chi connectivity index (χ4v) is 8.30. The van der Waals surface area contributed by atoms with E-state index >= 15 is 0 Å². The molecular formula is C43H38N10O2S2. The minimum atomic E-state index is -0.401. The first-order chi connectivity index (χ1) is 27.7. The second-order valence-corrected chi connectivity index (χ2v) is 15.6. The Balaban J connectivity index is 1.03. The van der Waals surface area contributed by atoms with E-state index in [0.717, 1.165) is 49.4 Å². The number of imidazole rings is 2. The number of thiazole rings is 2. The molecule has 4 heterocycles. The smallest absolute Gasteiger partial charge is 0.320 e. The molecule has 0 saturated heterocycles. The summed E-state index contributed by atoms with van der Waals surface area (Å²) in [5, 5.41) is 15.1. The summed E-state index contributed by atoms with van der Waals surface area (Å²) >= 11 is 2.85. The molecule has 57 heavy (non-hydrogen) atoms. The van der Waals surface area contributed by atoms with Crippen molar-refractivity contribution in [3.63, 3.8) is 0 Å². The summed E-state index contributed by atoms with van der Waals surface area (Å²) in [6, 6.07) is 36.6. The van der Waals surface area contributed by atoms with Gasteiger partial charge < -0.3 is 9.13 Å². The molecule has 0 unspecified atom stereocenters. The van der Waals surface area contributed by atoms with Crippen LogP contribution in [0, 0.1) is 13.8 Å². The Morgan fingerprint density at radius 3 is 1.75 bits per heavy atom. The Kier molecular flexibility index (Phi) is 10.4. The summed E-state index contributed by atoms with van der Waals surface area (Å²) in [5.41, 5.74) is 7.27. The highest BCUT2D eigenvalue weighted by molar-refractivity contribution is 7.16. The van der Waals surface area contributed by atoms with Crippen molar-refractivity contribution in [3.8, 4) is 45.0 Å². The van der Waals surface area contributed by atoms with Gasteiger partial charge in [0.15, 0.2) is 0 Å². The summed E-state index contributed by atoms with van der Waals surface area (Å²) in [4.78, 5) is 46.1. The van der Waals surface area contributed by atoms with E-state index in [4.69, 9.17) is 9.97 Å². The lowest BCUT2D eigenvalue weighted by atomic mass is 10.1. The molecule has 0 fully saturated rings. The summed E-state index contributed by atoms with van der Waals surface area (Å²) in [6.07, 6.45) is 2.18. The molecule has 12 nitrogen and oxygen atoms in total. The third kappa shape index (κ3) is 8.08. The van der Waals surface area contributed by atoms with Gasteiger partial charge in [0, 0.05) is 42.8 Å². The van der Waals surface area contributed by atoms with Gasteiger partial charge in [-0.15, -0.1) is 22.7 Å². The van der Waals surface area contributed by atoms with Crippen molar-refractivity contribution >= 4 is 56.4 Å². The van der Waals surface area contributed by atoms with Gasteiger partial charge in [0.25, 0.3) is 0 Å². The molecule has 0 aliphatic heterocycles. The molecule has 14 heteroatoms. The van der Waals surface area contributed by atoms with Crippen LogP contribution >= 0.6 is 22.7 Å². The minimum Gasteiger partial charge on any atom is -0.320 e. The molecular weight excluding hydrogens is 753 g/mol. The van der Waals surface area contributed by atoms with Crippen LogP contribution in [0.4, 0.5) is 31.2 Å². The molecule has 4 aromatic carbocycles. The van der Waals surface area contributed by atoms with E-state index in [9.17, 15) is 9.59 Å². The van der Waals surface area contributed by atoms with E-state index in [1.54, 1.807) is 10.9 Å². The maximum absolute atomic E-state index is 13.6. The lowest BCUT2D eigenvalue weighted by molar-refractivity contribution is 0.261. The average Bonchev–Trinajstić information content (AvgIpc) is 3.97. The number of urea groups is 2. The highest BCUT2D eigenvalue weighted by Gasteiger charge is 2.22. The van der Waals surface area contributed by atoms with Gasteiger partial charge in [-0.25, -0.2) is 29.5 Å². The molecule has 0 aliphatic carbocycles. The van der Waals surface area contributed by atoms with Crippen molar-refractivity contribution in [2.45, 2.75) is 20.3 Å². The first-order valence-corrected chi connectivity index (χ1v) is 19.8. The zero-order valence-electron chi connectivity index (χ0n) is 31.6. The van der Waals surface area contributed by atoms with Gasteiger partial charge in [-0.1, -0.05) is 109 Å². The Morgan fingerprint density at radius 2 is 1.12 bits per heavy atom. The highest BCUT2D eigenvalue weighted by Crippen LogP contribution is 2.37. The van der Waals surface area contributed by atoms with Crippen molar-refractivity contribution in [2.24, 2.45) is 14.1 Å². The zero-order chi connectivity index (χ0) is 39.5. The van der Waals surface area contributed by atoms with Crippen LogP contribution in [-0.2, 0) is 20.5 Å². The van der Waals surface area contributed by atoms with E-state index in [-0.39, 0.29) is 0 Å². The minimum absolute atomic E-state index is 0.392. The van der Waals surface area contributed by atoms with E-state index in [2.05, 4.69) is 37.3 Å². The number of carbonyl (C=O) groups is 2. The molecule has 8 rings (SSSR count). The Labute approximate surface area is 337 Å². The molecule has 0 saturated carbocycles. The first kappa shape index (κ1) is 37.0. The Hall–Kier alpha value is -6.90. The van der Waals surface area contributed by atoms with Crippen molar-refractivity contribution < 1.29 is 9.59 Å². The van der Waals surface area contributed by atoms with Gasteiger partial charge in [0.05, 0.1) is 16.3 Å². The van der Waals surface area contributed by atoms with Gasteiger partial charge in [0.1, 0.15) is 50.2 Å². The third-order valence-corrected chi connectivity index (χ3v) is 11.1. The maximum atomic E-state index is 13.6. The summed E-state index contributed by atoms with van der Waals surface area (Å²) < 4.78 is 3.65. The summed E-state index contributed by atoms with van der Waals surface area (Å²) in [5.74, 6) is 1.88. The van der Waals surface area contributed by atoms with Crippen LogP contribution in [0.25, 0.3) is 45.0 Å². The predicted molar refractivity (Wildman–Crippen MR) is 230 cm³/mol. The maximum Gasteiger partial charge on any atom is 0.325 e. The van der Waals surface area contributed by atoms with Crippen LogP contribution in [0.5, 0.6) is 0 Å².